The molecule has 3 aromatic rings. The van der Waals surface area contributed by atoms with Crippen LogP contribution in [0.15, 0.2) is 46.5 Å². The number of fused-ring (bicyclic) bond motifs is 5. The number of amides is 1. The number of carbonyl (C=O) groups excluding carboxylic acids is 1. The van der Waals surface area contributed by atoms with Crippen LogP contribution in [0.1, 0.15) is 5.56 Å². The minimum absolute atomic E-state index is 0.0324. The highest BCUT2D eigenvalue weighted by atomic mass is 32.2. The van der Waals surface area contributed by atoms with Gasteiger partial charge in [0.15, 0.2) is 0 Å². The number of benzene rings is 2. The van der Waals surface area contributed by atoms with Gasteiger partial charge in [-0.05, 0) is 47.1 Å². The number of nitrogens with two attached hydrogens (primary N) is 1. The normalized spacial score (nSPS) is 13.7. The third kappa shape index (κ3) is 2.49. The molecular weight excluding hydrogens is 344 g/mol. The first-order chi connectivity index (χ1) is 11.9. The van der Waals surface area contributed by atoms with Crippen molar-refractivity contribution >= 4 is 38.2 Å². The number of hydrogen-bond acceptors (Lipinski definition) is 5. The van der Waals surface area contributed by atoms with Crippen molar-refractivity contribution in [1.82, 2.24) is 4.98 Å². The summed E-state index contributed by atoms with van der Waals surface area (Å²) in [6, 6.07) is 9.14. The van der Waals surface area contributed by atoms with E-state index in [4.69, 9.17) is 5.14 Å². The van der Waals surface area contributed by atoms with Gasteiger partial charge >= 0.3 is 0 Å². The van der Waals surface area contributed by atoms with Gasteiger partial charge in [-0.2, -0.15) is 0 Å². The molecule has 1 aliphatic heterocycles. The Balaban J connectivity index is 2.06. The van der Waals surface area contributed by atoms with Gasteiger partial charge in [-0.1, -0.05) is 0 Å². The molecule has 126 valence electrons. The molecule has 0 aliphatic carbocycles. The molecule has 25 heavy (non-hydrogen) atoms. The molecule has 0 saturated carbocycles. The maximum Gasteiger partial charge on any atom is 0.238 e. The van der Waals surface area contributed by atoms with Crippen molar-refractivity contribution in [2.24, 2.45) is 10.3 Å². The van der Waals surface area contributed by atoms with Crippen molar-refractivity contribution in [3.63, 3.8) is 0 Å². The topological polar surface area (TPSA) is 134 Å². The second-order valence-corrected chi connectivity index (χ2v) is 7.34. The average molecular weight is 356 g/mol. The first-order valence-electron chi connectivity index (χ1n) is 7.32. The van der Waals surface area contributed by atoms with Gasteiger partial charge in [0, 0.05) is 16.5 Å². The Labute approximate surface area is 142 Å². The number of nitrogens with zero attached hydrogens (tertiary/aromatic N) is 1. The Morgan fingerprint density at radius 1 is 1.12 bits per heavy atom. The first-order valence-corrected chi connectivity index (χ1v) is 8.86. The van der Waals surface area contributed by atoms with Crippen LogP contribution >= 0.6 is 0 Å². The zero-order valence-electron chi connectivity index (χ0n) is 12.7. The van der Waals surface area contributed by atoms with Gasteiger partial charge in [0.25, 0.3) is 0 Å². The van der Waals surface area contributed by atoms with E-state index in [9.17, 15) is 18.1 Å². The lowest BCUT2D eigenvalue weighted by Crippen LogP contribution is -2.13. The average Bonchev–Trinajstić information content (AvgIpc) is 2.85. The van der Waals surface area contributed by atoms with E-state index in [1.807, 2.05) is 0 Å². The van der Waals surface area contributed by atoms with Crippen molar-refractivity contribution in [3.8, 4) is 11.3 Å². The molecule has 0 atom stereocenters. The lowest BCUT2D eigenvalue weighted by atomic mass is 10.0. The molecule has 1 aliphatic rings. The Morgan fingerprint density at radius 3 is 2.64 bits per heavy atom. The molecule has 4 rings (SSSR count). The lowest BCUT2D eigenvalue weighted by molar-refractivity contribution is -0.115. The molecule has 0 saturated heterocycles. The van der Waals surface area contributed by atoms with E-state index in [2.05, 4.69) is 15.5 Å². The minimum atomic E-state index is -3.86. The summed E-state index contributed by atoms with van der Waals surface area (Å²) in [5.74, 6) is -0.242. The van der Waals surface area contributed by atoms with Crippen molar-refractivity contribution in [2.45, 2.75) is 11.3 Å². The second kappa shape index (κ2) is 5.23. The molecule has 0 bridgehead atoms. The van der Waals surface area contributed by atoms with Crippen LogP contribution in [0.5, 0.6) is 0 Å². The third-order valence-corrected chi connectivity index (χ3v) is 5.11. The minimum Gasteiger partial charge on any atom is -0.354 e. The molecule has 0 radical (unpaired) electrons. The zero-order chi connectivity index (χ0) is 17.8. The van der Waals surface area contributed by atoms with E-state index in [0.717, 1.165) is 0 Å². The van der Waals surface area contributed by atoms with Crippen LogP contribution in [0.25, 0.3) is 22.2 Å². The van der Waals surface area contributed by atoms with E-state index in [1.54, 1.807) is 18.2 Å². The van der Waals surface area contributed by atoms with Crippen molar-refractivity contribution in [1.29, 1.82) is 0 Å². The summed E-state index contributed by atoms with van der Waals surface area (Å²) >= 11 is 0. The Kier molecular flexibility index (Phi) is 3.24. The largest absolute Gasteiger partial charge is 0.354 e. The SMILES string of the molecule is NS(=O)(=O)c1ccc2[nH]c3c(c2c1)CC(=O)Nc1ccc(N=O)cc1-3. The summed E-state index contributed by atoms with van der Waals surface area (Å²) in [5, 5.41) is 11.5. The number of hydrogen-bond donors (Lipinski definition) is 3. The van der Waals surface area contributed by atoms with Crippen LogP contribution < -0.4 is 10.5 Å². The molecule has 1 amide bonds. The summed E-state index contributed by atoms with van der Waals surface area (Å²) in [6.07, 6.45) is 0.0575. The van der Waals surface area contributed by atoms with Gasteiger partial charge in [-0.25, -0.2) is 13.6 Å². The molecular formula is C16H12N4O4S. The summed E-state index contributed by atoms with van der Waals surface area (Å²) in [6.45, 7) is 0. The van der Waals surface area contributed by atoms with Gasteiger partial charge in [0.2, 0.25) is 15.9 Å². The molecule has 9 heteroatoms. The highest BCUT2D eigenvalue weighted by molar-refractivity contribution is 7.89. The lowest BCUT2D eigenvalue weighted by Gasteiger charge is -2.06. The standard InChI is InChI=1S/C16H12N4O4S/c17-25(23,24)9-2-4-13-10(6-9)11-7-15(21)18-14-3-1-8(20-22)5-12(14)16(11)19-13/h1-6,19H,7H2,(H,18,21)(H2,17,23,24). The first kappa shape index (κ1) is 15.5. The monoisotopic (exact) mass is 356 g/mol. The fourth-order valence-electron chi connectivity index (χ4n) is 3.08. The Hall–Kier alpha value is -3.04. The number of primary sulfonamides is 1. The molecule has 2 aromatic carbocycles. The van der Waals surface area contributed by atoms with E-state index in [-0.39, 0.29) is 22.9 Å². The highest BCUT2D eigenvalue weighted by Gasteiger charge is 2.24. The maximum absolute atomic E-state index is 12.2. The van der Waals surface area contributed by atoms with Crippen LogP contribution in [0.2, 0.25) is 0 Å². The van der Waals surface area contributed by atoms with Crippen LogP contribution in [0.3, 0.4) is 0 Å². The van der Waals surface area contributed by atoms with E-state index in [1.165, 1.54) is 18.2 Å². The number of sulfonamides is 1. The number of nitrogens with one attached hydrogen (secondary N) is 2. The zero-order valence-corrected chi connectivity index (χ0v) is 13.6. The van der Waals surface area contributed by atoms with Crippen LogP contribution in [-0.4, -0.2) is 19.3 Å². The van der Waals surface area contributed by atoms with Gasteiger partial charge in [0.1, 0.15) is 5.69 Å². The summed E-state index contributed by atoms with van der Waals surface area (Å²) in [4.78, 5) is 26.2. The number of carbonyl (C=O) groups is 1. The number of nitroso groups, excluding NO2 is 1. The van der Waals surface area contributed by atoms with E-state index < -0.39 is 10.0 Å². The molecule has 4 N–H and O–H groups in total. The Morgan fingerprint density at radius 2 is 1.92 bits per heavy atom. The van der Waals surface area contributed by atoms with Crippen molar-refractivity contribution in [3.05, 3.63) is 46.9 Å². The van der Waals surface area contributed by atoms with Crippen LogP contribution in [0, 0.1) is 4.91 Å². The smallest absolute Gasteiger partial charge is 0.238 e. The Bertz CT molecular complexity index is 1160. The molecule has 0 spiro atoms. The van der Waals surface area contributed by atoms with Gasteiger partial charge in [-0.3, -0.25) is 4.79 Å². The van der Waals surface area contributed by atoms with Crippen LogP contribution in [-0.2, 0) is 21.2 Å². The van der Waals surface area contributed by atoms with Gasteiger partial charge in [-0.15, -0.1) is 4.91 Å². The number of anilines is 1. The second-order valence-electron chi connectivity index (χ2n) is 5.78. The van der Waals surface area contributed by atoms with E-state index >= 15 is 0 Å². The number of aromatic nitrogens is 1. The summed E-state index contributed by atoms with van der Waals surface area (Å²) in [7, 11) is -3.86. The summed E-state index contributed by atoms with van der Waals surface area (Å²) < 4.78 is 23.2. The predicted molar refractivity (Wildman–Crippen MR) is 92.9 cm³/mol. The molecule has 1 aromatic heterocycles. The van der Waals surface area contributed by atoms with Crippen molar-refractivity contribution in [2.75, 3.05) is 5.32 Å². The molecule has 2 heterocycles. The van der Waals surface area contributed by atoms with Gasteiger partial charge in [0.05, 0.1) is 22.7 Å². The molecule has 8 nitrogen and oxygen atoms in total. The van der Waals surface area contributed by atoms with Gasteiger partial charge < -0.3 is 10.3 Å². The maximum atomic E-state index is 12.2. The third-order valence-electron chi connectivity index (χ3n) is 4.20. The predicted octanol–water partition coefficient (Wildman–Crippen LogP) is 2.37. The summed E-state index contributed by atoms with van der Waals surface area (Å²) in [5.41, 5.74) is 3.34. The fraction of sp³-hybridized carbons (Fsp3) is 0.0625. The quantitative estimate of drug-likeness (QED) is 0.607. The molecule has 0 unspecified atom stereocenters. The number of rotatable bonds is 2. The highest BCUT2D eigenvalue weighted by Crippen LogP contribution is 2.39. The van der Waals surface area contributed by atoms with Crippen molar-refractivity contribution < 1.29 is 13.2 Å². The fourth-order valence-corrected chi connectivity index (χ4v) is 3.62. The van der Waals surface area contributed by atoms with E-state index in [0.29, 0.717) is 33.4 Å². The van der Waals surface area contributed by atoms with Crippen LogP contribution in [0.4, 0.5) is 11.4 Å². The number of H-pyrrole nitrogens is 1. The number of aromatic amines is 1. The molecule has 0 fully saturated rings.